The summed E-state index contributed by atoms with van der Waals surface area (Å²) in [5.41, 5.74) is 1.90. The molecule has 0 atom stereocenters. The van der Waals surface area contributed by atoms with Crippen molar-refractivity contribution in [2.45, 2.75) is 13.8 Å². The van der Waals surface area contributed by atoms with Crippen LogP contribution in [0.15, 0.2) is 46.9 Å². The highest BCUT2D eigenvalue weighted by molar-refractivity contribution is 7.62. The minimum atomic E-state index is -3.46. The van der Waals surface area contributed by atoms with E-state index >= 15 is 0 Å². The first-order valence-electron chi connectivity index (χ1n) is 8.62. The van der Waals surface area contributed by atoms with Gasteiger partial charge in [-0.1, -0.05) is 12.1 Å². The molecule has 0 aliphatic rings. The molecule has 0 spiro atoms. The number of aromatic nitrogens is 1. The minimum absolute atomic E-state index is 0.0567. The molecule has 3 aromatic rings. The second-order valence-corrected chi connectivity index (χ2v) is 7.58. The van der Waals surface area contributed by atoms with Gasteiger partial charge in [0.15, 0.2) is 12.4 Å². The Morgan fingerprint density at radius 2 is 1.81 bits per heavy atom. The summed E-state index contributed by atoms with van der Waals surface area (Å²) in [5, 5.41) is 0.410. The molecule has 7 nitrogen and oxygen atoms in total. The minimum Gasteiger partial charge on any atom is -0.467 e. The Morgan fingerprint density at radius 1 is 1.07 bits per heavy atom. The molecule has 0 unspecified atom stereocenters. The van der Waals surface area contributed by atoms with Crippen LogP contribution in [0.5, 0.6) is 5.75 Å². The fourth-order valence-electron chi connectivity index (χ4n) is 2.62. The van der Waals surface area contributed by atoms with E-state index in [4.69, 9.17) is 22.9 Å². The molecule has 0 saturated heterocycles. The van der Waals surface area contributed by atoms with Crippen molar-refractivity contribution >= 4 is 24.0 Å². The number of benzene rings is 2. The largest absolute Gasteiger partial charge is 0.467 e. The van der Waals surface area contributed by atoms with Crippen LogP contribution in [0, 0.1) is 0 Å². The molecule has 2 aromatic carbocycles. The van der Waals surface area contributed by atoms with Gasteiger partial charge in [-0.25, -0.2) is 4.98 Å². The average Bonchev–Trinajstić information content (AvgIpc) is 3.10. The number of methoxy groups -OCH3 is 1. The Hall–Kier alpha value is -2.18. The van der Waals surface area contributed by atoms with Gasteiger partial charge in [0, 0.05) is 7.11 Å². The quantitative estimate of drug-likeness (QED) is 0.396. The molecule has 144 valence electrons. The second kappa shape index (κ2) is 8.67. The molecule has 0 radical (unpaired) electrons. The zero-order chi connectivity index (χ0) is 19.3. The molecule has 0 fully saturated rings. The second-order valence-electron chi connectivity index (χ2n) is 5.55. The van der Waals surface area contributed by atoms with E-state index in [1.54, 1.807) is 32.0 Å². The van der Waals surface area contributed by atoms with E-state index in [1.165, 1.54) is 7.11 Å². The lowest BCUT2D eigenvalue weighted by molar-refractivity contribution is 0.0514. The normalized spacial score (nSPS) is 11.8. The number of nitrogens with zero attached hydrogens (tertiary/aromatic N) is 1. The molecule has 0 aliphatic carbocycles. The first-order chi connectivity index (χ1) is 13.1. The predicted molar refractivity (Wildman–Crippen MR) is 102 cm³/mol. The summed E-state index contributed by atoms with van der Waals surface area (Å²) in [6.07, 6.45) is 0. The summed E-state index contributed by atoms with van der Waals surface area (Å²) in [4.78, 5) is 4.51. The van der Waals surface area contributed by atoms with Crippen LogP contribution in [0.1, 0.15) is 13.8 Å². The van der Waals surface area contributed by atoms with Crippen molar-refractivity contribution in [3.05, 3.63) is 42.5 Å². The summed E-state index contributed by atoms with van der Waals surface area (Å²) in [7, 11) is -1.92. The van der Waals surface area contributed by atoms with Gasteiger partial charge < -0.3 is 22.9 Å². The average molecular weight is 391 g/mol. The number of ether oxygens (including phenoxy) is 2. The SMILES string of the molecule is CCOP(=O)(OCC)c1ccc(OCOC)c(-c2nc3ccccc3o2)c1. The highest BCUT2D eigenvalue weighted by Crippen LogP contribution is 2.48. The van der Waals surface area contributed by atoms with Gasteiger partial charge in [0.25, 0.3) is 0 Å². The summed E-state index contributed by atoms with van der Waals surface area (Å²) < 4.78 is 40.5. The molecule has 0 amide bonds. The van der Waals surface area contributed by atoms with Crippen LogP contribution in [-0.4, -0.2) is 32.1 Å². The fraction of sp³-hybridized carbons (Fsp3) is 0.316. The number of para-hydroxylation sites is 2. The smallest absolute Gasteiger partial charge is 0.361 e. The van der Waals surface area contributed by atoms with Gasteiger partial charge in [0.2, 0.25) is 5.89 Å². The van der Waals surface area contributed by atoms with Gasteiger partial charge in [0.05, 0.1) is 24.1 Å². The lowest BCUT2D eigenvalue weighted by Crippen LogP contribution is -2.12. The van der Waals surface area contributed by atoms with Crippen molar-refractivity contribution in [1.82, 2.24) is 4.98 Å². The number of rotatable bonds is 9. The van der Waals surface area contributed by atoms with Crippen LogP contribution < -0.4 is 10.0 Å². The monoisotopic (exact) mass is 391 g/mol. The molecular weight excluding hydrogens is 369 g/mol. The molecule has 1 aromatic heterocycles. The Morgan fingerprint density at radius 3 is 2.48 bits per heavy atom. The van der Waals surface area contributed by atoms with Gasteiger partial charge in [-0.3, -0.25) is 4.57 Å². The third-order valence-electron chi connectivity index (χ3n) is 3.73. The van der Waals surface area contributed by atoms with Crippen molar-refractivity contribution < 1.29 is 27.5 Å². The van der Waals surface area contributed by atoms with Gasteiger partial charge in [-0.05, 0) is 44.2 Å². The standard InChI is InChI=1S/C19H22NO6P/c1-4-24-27(21,25-5-2)14-10-11-17(23-13-22-3)15(12-14)19-20-16-8-6-7-9-18(16)26-19/h6-12H,4-5,13H2,1-3H3. The van der Waals surface area contributed by atoms with Crippen molar-refractivity contribution in [2.75, 3.05) is 27.1 Å². The first-order valence-corrected chi connectivity index (χ1v) is 10.2. The van der Waals surface area contributed by atoms with Crippen molar-refractivity contribution in [2.24, 2.45) is 0 Å². The Bertz CT molecular complexity index is 911. The molecule has 1 heterocycles. The fourth-order valence-corrected chi connectivity index (χ4v) is 4.21. The number of oxazole rings is 1. The molecule has 3 rings (SSSR count). The van der Waals surface area contributed by atoms with Crippen molar-refractivity contribution in [3.8, 4) is 17.2 Å². The van der Waals surface area contributed by atoms with Crippen LogP contribution in [0.2, 0.25) is 0 Å². The topological polar surface area (TPSA) is 80.0 Å². The van der Waals surface area contributed by atoms with E-state index in [-0.39, 0.29) is 20.0 Å². The van der Waals surface area contributed by atoms with E-state index in [0.717, 1.165) is 0 Å². The van der Waals surface area contributed by atoms with E-state index in [9.17, 15) is 4.57 Å². The highest BCUT2D eigenvalue weighted by Gasteiger charge is 2.28. The third kappa shape index (κ3) is 4.22. The van der Waals surface area contributed by atoms with Crippen LogP contribution in [-0.2, 0) is 18.3 Å². The molecule has 0 saturated carbocycles. The van der Waals surface area contributed by atoms with Crippen molar-refractivity contribution in [1.29, 1.82) is 0 Å². The molecule has 0 bridgehead atoms. The Balaban J connectivity index is 2.11. The van der Waals surface area contributed by atoms with Gasteiger partial charge in [-0.2, -0.15) is 0 Å². The van der Waals surface area contributed by atoms with Crippen LogP contribution in [0.4, 0.5) is 0 Å². The van der Waals surface area contributed by atoms with Crippen LogP contribution in [0.3, 0.4) is 0 Å². The molecule has 27 heavy (non-hydrogen) atoms. The van der Waals surface area contributed by atoms with E-state index in [1.807, 2.05) is 24.3 Å². The lowest BCUT2D eigenvalue weighted by atomic mass is 10.2. The maximum atomic E-state index is 13.1. The molecule has 0 N–H and O–H groups in total. The molecular formula is C19H22NO6P. The van der Waals surface area contributed by atoms with E-state index in [0.29, 0.717) is 33.6 Å². The lowest BCUT2D eigenvalue weighted by Gasteiger charge is -2.18. The number of hydrogen-bond acceptors (Lipinski definition) is 7. The summed E-state index contributed by atoms with van der Waals surface area (Å²) >= 11 is 0. The van der Waals surface area contributed by atoms with Gasteiger partial charge in [0.1, 0.15) is 11.3 Å². The molecule has 8 heteroatoms. The number of fused-ring (bicyclic) bond motifs is 1. The van der Waals surface area contributed by atoms with E-state index in [2.05, 4.69) is 4.98 Å². The number of hydrogen-bond donors (Lipinski definition) is 0. The zero-order valence-corrected chi connectivity index (χ0v) is 16.4. The predicted octanol–water partition coefficient (Wildman–Crippen LogP) is 4.37. The highest BCUT2D eigenvalue weighted by atomic mass is 31.2. The third-order valence-corrected chi connectivity index (χ3v) is 5.84. The molecule has 0 aliphatic heterocycles. The summed E-state index contributed by atoms with van der Waals surface area (Å²) in [5.74, 6) is 0.843. The summed E-state index contributed by atoms with van der Waals surface area (Å²) in [6.45, 7) is 4.11. The van der Waals surface area contributed by atoms with E-state index < -0.39 is 7.60 Å². The maximum Gasteiger partial charge on any atom is 0.361 e. The summed E-state index contributed by atoms with van der Waals surface area (Å²) in [6, 6.07) is 12.4. The first kappa shape index (κ1) is 19.6. The van der Waals surface area contributed by atoms with Crippen LogP contribution >= 0.6 is 7.60 Å². The van der Waals surface area contributed by atoms with Gasteiger partial charge >= 0.3 is 7.60 Å². The Kier molecular flexibility index (Phi) is 6.29. The maximum absolute atomic E-state index is 13.1. The van der Waals surface area contributed by atoms with Crippen LogP contribution in [0.25, 0.3) is 22.6 Å². The zero-order valence-electron chi connectivity index (χ0n) is 15.5. The van der Waals surface area contributed by atoms with Gasteiger partial charge in [-0.15, -0.1) is 0 Å². The Labute approximate surface area is 157 Å². The van der Waals surface area contributed by atoms with Crippen molar-refractivity contribution in [3.63, 3.8) is 0 Å².